The van der Waals surface area contributed by atoms with Crippen molar-refractivity contribution in [3.05, 3.63) is 17.7 Å². The molecule has 1 aromatic carbocycles. The Balaban J connectivity index is 3.26. The van der Waals surface area contributed by atoms with Crippen LogP contribution in [0.3, 0.4) is 0 Å². The Labute approximate surface area is 84.3 Å². The summed E-state index contributed by atoms with van der Waals surface area (Å²) in [6, 6.07) is 1.66. The van der Waals surface area contributed by atoms with E-state index >= 15 is 0 Å². The molecular formula is C9H8O6. The number of ether oxygens (including phenoxy) is 1. The summed E-state index contributed by atoms with van der Waals surface area (Å²) in [5.41, 5.74) is -0.598. The summed E-state index contributed by atoms with van der Waals surface area (Å²) < 4.78 is 4.13. The lowest BCUT2D eigenvalue weighted by molar-refractivity contribution is -0.135. The number of carbonyl (C=O) groups is 2. The second-order valence-electron chi connectivity index (χ2n) is 2.68. The van der Waals surface area contributed by atoms with E-state index in [1.54, 1.807) is 0 Å². The molecule has 3 N–H and O–H groups in total. The minimum Gasteiger partial charge on any atom is -0.508 e. The van der Waals surface area contributed by atoms with E-state index in [0.29, 0.717) is 0 Å². The number of hydrogen-bond donors (Lipinski definition) is 3. The molecule has 0 aromatic heterocycles. The Hall–Kier alpha value is -2.24. The smallest absolute Gasteiger partial charge is 0.379 e. The molecule has 0 spiro atoms. The van der Waals surface area contributed by atoms with Gasteiger partial charge in [-0.3, -0.25) is 4.79 Å². The van der Waals surface area contributed by atoms with Crippen LogP contribution in [-0.2, 0) is 9.53 Å². The number of aromatic hydroxyl groups is 3. The molecule has 0 aliphatic rings. The van der Waals surface area contributed by atoms with Crippen LogP contribution in [0.2, 0.25) is 0 Å². The van der Waals surface area contributed by atoms with E-state index < -0.39 is 34.6 Å². The SMILES string of the molecule is COC(=O)C(=O)c1c(O)cc(O)cc1O. The molecule has 0 unspecified atom stereocenters. The fourth-order valence-electron chi connectivity index (χ4n) is 1.02. The van der Waals surface area contributed by atoms with Crippen LogP contribution in [0.25, 0.3) is 0 Å². The van der Waals surface area contributed by atoms with Crippen molar-refractivity contribution >= 4 is 11.8 Å². The number of phenols is 3. The van der Waals surface area contributed by atoms with Gasteiger partial charge in [-0.1, -0.05) is 0 Å². The number of benzene rings is 1. The van der Waals surface area contributed by atoms with Crippen LogP contribution < -0.4 is 0 Å². The van der Waals surface area contributed by atoms with Crippen molar-refractivity contribution in [2.24, 2.45) is 0 Å². The zero-order chi connectivity index (χ0) is 11.6. The van der Waals surface area contributed by atoms with E-state index in [0.717, 1.165) is 19.2 Å². The summed E-state index contributed by atoms with van der Waals surface area (Å²) in [4.78, 5) is 22.1. The lowest BCUT2D eigenvalue weighted by atomic mass is 10.1. The quantitative estimate of drug-likeness (QED) is 0.366. The zero-order valence-electron chi connectivity index (χ0n) is 7.72. The van der Waals surface area contributed by atoms with Crippen molar-refractivity contribution in [3.63, 3.8) is 0 Å². The fraction of sp³-hybridized carbons (Fsp3) is 0.111. The lowest BCUT2D eigenvalue weighted by Crippen LogP contribution is -2.15. The van der Waals surface area contributed by atoms with Gasteiger partial charge in [-0.2, -0.15) is 0 Å². The summed E-state index contributed by atoms with van der Waals surface area (Å²) in [6.07, 6.45) is 0. The van der Waals surface area contributed by atoms with Crippen molar-refractivity contribution in [3.8, 4) is 17.2 Å². The number of esters is 1. The second-order valence-corrected chi connectivity index (χ2v) is 2.68. The van der Waals surface area contributed by atoms with E-state index in [1.807, 2.05) is 0 Å². The molecule has 6 heteroatoms. The largest absolute Gasteiger partial charge is 0.508 e. The maximum Gasteiger partial charge on any atom is 0.379 e. The van der Waals surface area contributed by atoms with Gasteiger partial charge in [0.05, 0.1) is 7.11 Å². The number of hydrogen-bond acceptors (Lipinski definition) is 6. The molecule has 1 aromatic rings. The van der Waals surface area contributed by atoms with Crippen LogP contribution in [0.1, 0.15) is 10.4 Å². The number of ketones is 1. The van der Waals surface area contributed by atoms with Crippen molar-refractivity contribution < 1.29 is 29.6 Å². The molecular weight excluding hydrogens is 204 g/mol. The summed E-state index contributed by atoms with van der Waals surface area (Å²) in [6.45, 7) is 0. The first-order chi connectivity index (χ1) is 6.97. The molecule has 1 rings (SSSR count). The highest BCUT2D eigenvalue weighted by molar-refractivity contribution is 6.42. The normalized spacial score (nSPS) is 9.67. The Kier molecular flexibility index (Phi) is 2.80. The van der Waals surface area contributed by atoms with Crippen molar-refractivity contribution in [2.45, 2.75) is 0 Å². The van der Waals surface area contributed by atoms with Gasteiger partial charge in [-0.15, -0.1) is 0 Å². The minimum atomic E-state index is -1.22. The zero-order valence-corrected chi connectivity index (χ0v) is 7.72. The average molecular weight is 212 g/mol. The highest BCUT2D eigenvalue weighted by Crippen LogP contribution is 2.32. The highest BCUT2D eigenvalue weighted by atomic mass is 16.5. The molecule has 0 aliphatic carbocycles. The molecule has 0 fully saturated rings. The maximum absolute atomic E-state index is 11.3. The third kappa shape index (κ3) is 1.98. The molecule has 0 saturated carbocycles. The van der Waals surface area contributed by atoms with Gasteiger partial charge in [0.15, 0.2) is 0 Å². The topological polar surface area (TPSA) is 104 Å². The Morgan fingerprint density at radius 3 is 2.00 bits per heavy atom. The number of rotatable bonds is 2. The van der Waals surface area contributed by atoms with Crippen LogP contribution >= 0.6 is 0 Å². The maximum atomic E-state index is 11.3. The summed E-state index contributed by atoms with van der Waals surface area (Å²) >= 11 is 0. The van der Waals surface area contributed by atoms with Crippen LogP contribution in [0.15, 0.2) is 12.1 Å². The van der Waals surface area contributed by atoms with E-state index in [1.165, 1.54) is 0 Å². The van der Waals surface area contributed by atoms with Crippen LogP contribution in [-0.4, -0.2) is 34.2 Å². The standard InChI is InChI=1S/C9H8O6/c1-15-9(14)8(13)7-5(11)2-4(10)3-6(7)12/h2-3,10-12H,1H3. The fourth-order valence-corrected chi connectivity index (χ4v) is 1.02. The molecule has 0 aliphatic heterocycles. The molecule has 0 radical (unpaired) electrons. The van der Waals surface area contributed by atoms with E-state index in [-0.39, 0.29) is 0 Å². The first-order valence-electron chi connectivity index (χ1n) is 3.85. The first kappa shape index (κ1) is 10.8. The van der Waals surface area contributed by atoms with Crippen LogP contribution in [0.5, 0.6) is 17.2 Å². The molecule has 0 saturated heterocycles. The monoisotopic (exact) mass is 212 g/mol. The summed E-state index contributed by atoms with van der Waals surface area (Å²) in [5.74, 6) is -4.21. The van der Waals surface area contributed by atoms with E-state index in [2.05, 4.69) is 4.74 Å². The van der Waals surface area contributed by atoms with Gasteiger partial charge in [0.2, 0.25) is 0 Å². The predicted octanol–water partition coefficient (Wildman–Crippen LogP) is 0.159. The van der Waals surface area contributed by atoms with E-state index in [9.17, 15) is 19.8 Å². The number of carbonyl (C=O) groups excluding carboxylic acids is 2. The van der Waals surface area contributed by atoms with E-state index in [4.69, 9.17) is 5.11 Å². The minimum absolute atomic E-state index is 0.425. The van der Waals surface area contributed by atoms with Gasteiger partial charge >= 0.3 is 5.97 Å². The third-order valence-electron chi connectivity index (χ3n) is 1.68. The molecule has 0 bridgehead atoms. The van der Waals surface area contributed by atoms with Crippen molar-refractivity contribution in [1.82, 2.24) is 0 Å². The predicted molar refractivity (Wildman–Crippen MR) is 47.8 cm³/mol. The summed E-state index contributed by atoms with van der Waals surface area (Å²) in [7, 11) is 0.995. The number of phenolic OH excluding ortho intramolecular Hbond substituents is 3. The van der Waals surface area contributed by atoms with Crippen LogP contribution in [0.4, 0.5) is 0 Å². The highest BCUT2D eigenvalue weighted by Gasteiger charge is 2.24. The molecule has 80 valence electrons. The molecule has 0 amide bonds. The second kappa shape index (κ2) is 3.87. The van der Waals surface area contributed by atoms with Gasteiger partial charge in [0.1, 0.15) is 22.8 Å². The number of methoxy groups -OCH3 is 1. The van der Waals surface area contributed by atoms with Crippen LogP contribution in [0, 0.1) is 0 Å². The third-order valence-corrected chi connectivity index (χ3v) is 1.68. The summed E-state index contributed by atoms with van der Waals surface area (Å²) in [5, 5.41) is 27.4. The molecule has 0 atom stereocenters. The molecule has 6 nitrogen and oxygen atoms in total. The van der Waals surface area contributed by atoms with Crippen molar-refractivity contribution in [1.29, 1.82) is 0 Å². The Bertz CT molecular complexity index is 400. The Morgan fingerprint density at radius 2 is 1.60 bits per heavy atom. The first-order valence-corrected chi connectivity index (χ1v) is 3.85. The Morgan fingerprint density at radius 1 is 1.13 bits per heavy atom. The van der Waals surface area contributed by atoms with Gasteiger partial charge in [-0.25, -0.2) is 4.79 Å². The van der Waals surface area contributed by atoms with Gasteiger partial charge in [0.25, 0.3) is 5.78 Å². The van der Waals surface area contributed by atoms with Crippen molar-refractivity contribution in [2.75, 3.05) is 7.11 Å². The van der Waals surface area contributed by atoms with Gasteiger partial charge in [0, 0.05) is 12.1 Å². The molecule has 0 heterocycles. The lowest BCUT2D eigenvalue weighted by Gasteiger charge is -2.05. The van der Waals surface area contributed by atoms with Gasteiger partial charge in [-0.05, 0) is 0 Å². The molecule has 15 heavy (non-hydrogen) atoms. The average Bonchev–Trinajstić information content (AvgIpc) is 2.14. The number of Topliss-reactive ketones (excluding diaryl/α,β-unsaturated/α-hetero) is 1. The van der Waals surface area contributed by atoms with Gasteiger partial charge < -0.3 is 20.1 Å².